The van der Waals surface area contributed by atoms with Crippen molar-refractivity contribution >= 4 is 11.6 Å². The van der Waals surface area contributed by atoms with Gasteiger partial charge in [-0.05, 0) is 16.7 Å². The highest BCUT2D eigenvalue weighted by Crippen LogP contribution is 2.43. The Morgan fingerprint density at radius 2 is 1.04 bits per heavy atom. The molecule has 1 N–H and O–H groups in total. The number of aromatic nitrogens is 2. The number of H-pyrrole nitrogens is 1. The SMILES string of the molecule is Clc1cnc(C(c2ccccc2)(c2ccccc2)c2ccccc2)[nH]1. The molecule has 0 aliphatic carbocycles. The summed E-state index contributed by atoms with van der Waals surface area (Å²) >= 11 is 6.21. The number of halogens is 1. The number of nitrogens with zero attached hydrogens (tertiary/aromatic N) is 1. The maximum atomic E-state index is 6.21. The van der Waals surface area contributed by atoms with Crippen LogP contribution in [0.25, 0.3) is 0 Å². The van der Waals surface area contributed by atoms with Gasteiger partial charge in [0.2, 0.25) is 0 Å². The van der Waals surface area contributed by atoms with Crippen LogP contribution in [0.4, 0.5) is 0 Å². The zero-order valence-corrected chi connectivity index (χ0v) is 14.3. The van der Waals surface area contributed by atoms with E-state index in [1.54, 1.807) is 6.20 Å². The molecule has 0 aliphatic rings. The van der Waals surface area contributed by atoms with Crippen molar-refractivity contribution in [2.24, 2.45) is 0 Å². The second-order valence-corrected chi connectivity index (χ2v) is 6.34. The Balaban J connectivity index is 2.12. The van der Waals surface area contributed by atoms with Crippen LogP contribution in [0.2, 0.25) is 5.15 Å². The van der Waals surface area contributed by atoms with Crippen molar-refractivity contribution in [2.45, 2.75) is 5.41 Å². The normalized spacial score (nSPS) is 11.4. The van der Waals surface area contributed by atoms with Gasteiger partial charge < -0.3 is 4.98 Å². The first-order valence-corrected chi connectivity index (χ1v) is 8.57. The van der Waals surface area contributed by atoms with E-state index < -0.39 is 5.41 Å². The van der Waals surface area contributed by atoms with E-state index in [1.807, 2.05) is 18.2 Å². The summed E-state index contributed by atoms with van der Waals surface area (Å²) in [5.74, 6) is 0.807. The Hall–Kier alpha value is -2.84. The van der Waals surface area contributed by atoms with Gasteiger partial charge in [0.15, 0.2) is 0 Å². The molecule has 0 amide bonds. The monoisotopic (exact) mass is 344 g/mol. The minimum Gasteiger partial charge on any atom is -0.332 e. The third-order valence-electron chi connectivity index (χ3n) is 4.52. The van der Waals surface area contributed by atoms with E-state index in [1.165, 1.54) is 0 Å². The highest BCUT2D eigenvalue weighted by Gasteiger charge is 2.40. The number of hydrogen-bond donors (Lipinski definition) is 1. The van der Waals surface area contributed by atoms with Gasteiger partial charge in [-0.2, -0.15) is 0 Å². The van der Waals surface area contributed by atoms with Gasteiger partial charge in [-0.25, -0.2) is 4.98 Å². The summed E-state index contributed by atoms with van der Waals surface area (Å²) in [6, 6.07) is 31.2. The third kappa shape index (κ3) is 2.65. The number of imidazole rings is 1. The van der Waals surface area contributed by atoms with E-state index in [2.05, 4.69) is 82.8 Å². The van der Waals surface area contributed by atoms with E-state index in [9.17, 15) is 0 Å². The van der Waals surface area contributed by atoms with E-state index >= 15 is 0 Å². The van der Waals surface area contributed by atoms with Crippen molar-refractivity contribution in [3.8, 4) is 0 Å². The van der Waals surface area contributed by atoms with Crippen molar-refractivity contribution in [3.05, 3.63) is 125 Å². The van der Waals surface area contributed by atoms with Crippen molar-refractivity contribution in [1.29, 1.82) is 0 Å². The van der Waals surface area contributed by atoms with E-state index in [4.69, 9.17) is 11.6 Å². The summed E-state index contributed by atoms with van der Waals surface area (Å²) in [7, 11) is 0. The molecule has 0 unspecified atom stereocenters. The number of benzene rings is 3. The molecule has 3 aromatic carbocycles. The molecule has 0 saturated carbocycles. The van der Waals surface area contributed by atoms with Crippen LogP contribution in [0.3, 0.4) is 0 Å². The molecule has 0 radical (unpaired) electrons. The van der Waals surface area contributed by atoms with Crippen LogP contribution in [-0.2, 0) is 5.41 Å². The summed E-state index contributed by atoms with van der Waals surface area (Å²) in [5.41, 5.74) is 2.85. The van der Waals surface area contributed by atoms with Crippen LogP contribution in [0, 0.1) is 0 Å². The molecule has 0 spiro atoms. The van der Waals surface area contributed by atoms with Gasteiger partial charge in [-0.3, -0.25) is 0 Å². The van der Waals surface area contributed by atoms with Crippen LogP contribution in [0.5, 0.6) is 0 Å². The molecule has 0 fully saturated rings. The zero-order chi connectivity index (χ0) is 17.1. The second kappa shape index (κ2) is 6.58. The van der Waals surface area contributed by atoms with Crippen LogP contribution in [-0.4, -0.2) is 9.97 Å². The van der Waals surface area contributed by atoms with Gasteiger partial charge in [0, 0.05) is 0 Å². The lowest BCUT2D eigenvalue weighted by Crippen LogP contribution is -2.32. The second-order valence-electron chi connectivity index (χ2n) is 5.93. The molecule has 0 aliphatic heterocycles. The molecule has 122 valence electrons. The predicted molar refractivity (Wildman–Crippen MR) is 102 cm³/mol. The molecule has 4 aromatic rings. The molecule has 25 heavy (non-hydrogen) atoms. The molecule has 0 bridgehead atoms. The lowest BCUT2D eigenvalue weighted by molar-refractivity contribution is 0.692. The summed E-state index contributed by atoms with van der Waals surface area (Å²) < 4.78 is 0. The Morgan fingerprint density at radius 3 is 1.36 bits per heavy atom. The fourth-order valence-electron chi connectivity index (χ4n) is 3.46. The van der Waals surface area contributed by atoms with Crippen LogP contribution in [0.15, 0.2) is 97.2 Å². The largest absolute Gasteiger partial charge is 0.332 e. The first kappa shape index (κ1) is 15.7. The molecule has 2 nitrogen and oxygen atoms in total. The van der Waals surface area contributed by atoms with Crippen molar-refractivity contribution in [3.63, 3.8) is 0 Å². The molecule has 1 aromatic heterocycles. The number of aromatic amines is 1. The van der Waals surface area contributed by atoms with Gasteiger partial charge in [0.1, 0.15) is 16.4 Å². The number of hydrogen-bond acceptors (Lipinski definition) is 1. The van der Waals surface area contributed by atoms with E-state index in [0.29, 0.717) is 5.15 Å². The number of nitrogens with one attached hydrogen (secondary N) is 1. The average Bonchev–Trinajstić information content (AvgIpc) is 3.12. The van der Waals surface area contributed by atoms with Gasteiger partial charge in [0.05, 0.1) is 6.20 Å². The molecular weight excluding hydrogens is 328 g/mol. The summed E-state index contributed by atoms with van der Waals surface area (Å²) in [6.45, 7) is 0. The fraction of sp³-hybridized carbons (Fsp3) is 0.0455. The highest BCUT2D eigenvalue weighted by atomic mass is 35.5. The molecular formula is C22H17ClN2. The zero-order valence-electron chi connectivity index (χ0n) is 13.6. The van der Waals surface area contributed by atoms with Crippen molar-refractivity contribution < 1.29 is 0 Å². The minimum absolute atomic E-state index is 0.530. The maximum absolute atomic E-state index is 6.21. The predicted octanol–water partition coefficient (Wildman–Crippen LogP) is 5.45. The van der Waals surface area contributed by atoms with Gasteiger partial charge in [0.25, 0.3) is 0 Å². The van der Waals surface area contributed by atoms with Crippen LogP contribution in [0.1, 0.15) is 22.5 Å². The van der Waals surface area contributed by atoms with Crippen LogP contribution >= 0.6 is 11.6 Å². The van der Waals surface area contributed by atoms with Gasteiger partial charge in [-0.15, -0.1) is 0 Å². The first-order chi connectivity index (χ1) is 12.3. The highest BCUT2D eigenvalue weighted by molar-refractivity contribution is 6.29. The topological polar surface area (TPSA) is 28.7 Å². The Bertz CT molecular complexity index is 850. The van der Waals surface area contributed by atoms with E-state index in [-0.39, 0.29) is 0 Å². The average molecular weight is 345 g/mol. The Morgan fingerprint density at radius 1 is 0.640 bits per heavy atom. The van der Waals surface area contributed by atoms with Gasteiger partial charge in [-0.1, -0.05) is 103 Å². The quantitative estimate of drug-likeness (QED) is 0.490. The molecule has 3 heteroatoms. The van der Waals surface area contributed by atoms with Gasteiger partial charge >= 0.3 is 0 Å². The Kier molecular flexibility index (Phi) is 4.12. The minimum atomic E-state index is -0.559. The summed E-state index contributed by atoms with van der Waals surface area (Å²) in [6.07, 6.45) is 1.67. The molecule has 0 saturated heterocycles. The third-order valence-corrected chi connectivity index (χ3v) is 4.71. The lowest BCUT2D eigenvalue weighted by Gasteiger charge is -2.34. The standard InChI is InChI=1S/C22H17ClN2/c23-20-16-24-21(25-20)22(17-10-4-1-5-11-17,18-12-6-2-7-13-18)19-14-8-3-9-15-19/h1-16H,(H,24,25). The molecule has 1 heterocycles. The maximum Gasteiger partial charge on any atom is 0.126 e. The lowest BCUT2D eigenvalue weighted by atomic mass is 9.69. The Labute approximate surface area is 152 Å². The molecule has 4 rings (SSSR count). The summed E-state index contributed by atoms with van der Waals surface area (Å²) in [4.78, 5) is 7.90. The van der Waals surface area contributed by atoms with Crippen LogP contribution < -0.4 is 0 Å². The first-order valence-electron chi connectivity index (χ1n) is 8.19. The van der Waals surface area contributed by atoms with Crippen molar-refractivity contribution in [2.75, 3.05) is 0 Å². The van der Waals surface area contributed by atoms with E-state index in [0.717, 1.165) is 22.5 Å². The van der Waals surface area contributed by atoms with Crippen molar-refractivity contribution in [1.82, 2.24) is 9.97 Å². The summed E-state index contributed by atoms with van der Waals surface area (Å²) in [5, 5.41) is 0.530. The fourth-order valence-corrected chi connectivity index (χ4v) is 3.60. The smallest absolute Gasteiger partial charge is 0.126 e. The number of rotatable bonds is 4. The molecule has 0 atom stereocenters.